The van der Waals surface area contributed by atoms with E-state index in [0.29, 0.717) is 0 Å². The van der Waals surface area contributed by atoms with Crippen molar-refractivity contribution in [1.82, 2.24) is 5.32 Å². The van der Waals surface area contributed by atoms with Gasteiger partial charge in [-0.15, -0.1) is 0 Å². The van der Waals surface area contributed by atoms with Gasteiger partial charge in [-0.2, -0.15) is 0 Å². The van der Waals surface area contributed by atoms with Gasteiger partial charge < -0.3 is 10.4 Å². The van der Waals surface area contributed by atoms with Crippen LogP contribution in [0, 0.1) is 17.3 Å². The van der Waals surface area contributed by atoms with Crippen molar-refractivity contribution in [3.63, 3.8) is 0 Å². The fourth-order valence-corrected chi connectivity index (χ4v) is 2.91. The van der Waals surface area contributed by atoms with Gasteiger partial charge in [-0.1, -0.05) is 47.0 Å². The molecule has 0 aliphatic heterocycles. The van der Waals surface area contributed by atoms with Gasteiger partial charge in [-0.25, -0.2) is 0 Å². The Balaban J connectivity index is 2.34. The van der Waals surface area contributed by atoms with Crippen molar-refractivity contribution in [3.8, 4) is 0 Å². The van der Waals surface area contributed by atoms with E-state index < -0.39 is 0 Å². The molecule has 0 aromatic rings. The number of rotatable bonds is 5. The van der Waals surface area contributed by atoms with Crippen LogP contribution < -0.4 is 5.32 Å². The van der Waals surface area contributed by atoms with Crippen LogP contribution in [0.25, 0.3) is 0 Å². The maximum absolute atomic E-state index is 9.43. The summed E-state index contributed by atoms with van der Waals surface area (Å²) < 4.78 is 0. The predicted octanol–water partition coefficient (Wildman–Crippen LogP) is 3.20. The average Bonchev–Trinajstić information content (AvgIpc) is 2.28. The van der Waals surface area contributed by atoms with Crippen molar-refractivity contribution in [2.24, 2.45) is 17.3 Å². The normalized spacial score (nSPS) is 28.1. The van der Waals surface area contributed by atoms with Crippen LogP contribution in [-0.2, 0) is 0 Å². The van der Waals surface area contributed by atoms with Gasteiger partial charge in [0.15, 0.2) is 0 Å². The third kappa shape index (κ3) is 4.97. The van der Waals surface area contributed by atoms with Gasteiger partial charge in [0.1, 0.15) is 0 Å². The molecule has 1 rings (SSSR count). The molecule has 0 radical (unpaired) electrons. The molecule has 17 heavy (non-hydrogen) atoms. The van der Waals surface area contributed by atoms with Gasteiger partial charge in [-0.3, -0.25) is 0 Å². The molecule has 1 fully saturated rings. The molecule has 0 aromatic carbocycles. The Morgan fingerprint density at radius 3 is 2.41 bits per heavy atom. The highest BCUT2D eigenvalue weighted by atomic mass is 16.3. The minimum Gasteiger partial charge on any atom is -0.395 e. The predicted molar refractivity (Wildman–Crippen MR) is 74.1 cm³/mol. The van der Waals surface area contributed by atoms with Crippen LogP contribution in [0.3, 0.4) is 0 Å². The second-order valence-corrected chi connectivity index (χ2v) is 6.82. The molecule has 1 aliphatic rings. The van der Waals surface area contributed by atoms with E-state index in [1.165, 1.54) is 32.1 Å². The molecule has 0 saturated heterocycles. The number of hydrogen-bond acceptors (Lipinski definition) is 2. The zero-order chi connectivity index (χ0) is 12.9. The lowest BCUT2D eigenvalue weighted by atomic mass is 9.79. The lowest BCUT2D eigenvalue weighted by Gasteiger charge is -2.34. The molecular formula is C15H31NO. The molecule has 2 nitrogen and oxygen atoms in total. The molecule has 0 heterocycles. The highest BCUT2D eigenvalue weighted by molar-refractivity contribution is 4.82. The van der Waals surface area contributed by atoms with Gasteiger partial charge in [0.2, 0.25) is 0 Å². The topological polar surface area (TPSA) is 32.3 Å². The van der Waals surface area contributed by atoms with Crippen molar-refractivity contribution in [3.05, 3.63) is 0 Å². The summed E-state index contributed by atoms with van der Waals surface area (Å²) in [6.45, 7) is 10.2. The minimum absolute atomic E-state index is 0.146. The van der Waals surface area contributed by atoms with Crippen LogP contribution in [0.1, 0.15) is 59.8 Å². The Kier molecular flexibility index (Phi) is 5.94. The minimum atomic E-state index is 0.146. The van der Waals surface area contributed by atoms with E-state index >= 15 is 0 Å². The summed E-state index contributed by atoms with van der Waals surface area (Å²) >= 11 is 0. The molecule has 102 valence electrons. The smallest absolute Gasteiger partial charge is 0.0589 e. The highest BCUT2D eigenvalue weighted by Gasteiger charge is 2.26. The number of hydrogen-bond donors (Lipinski definition) is 2. The van der Waals surface area contributed by atoms with E-state index in [4.69, 9.17) is 0 Å². The number of aliphatic hydroxyl groups excluding tert-OH is 1. The Morgan fingerprint density at radius 1 is 1.24 bits per heavy atom. The van der Waals surface area contributed by atoms with E-state index in [1.807, 2.05) is 0 Å². The van der Waals surface area contributed by atoms with Crippen molar-refractivity contribution < 1.29 is 5.11 Å². The second kappa shape index (κ2) is 6.75. The lowest BCUT2D eigenvalue weighted by molar-refractivity contribution is 0.146. The van der Waals surface area contributed by atoms with E-state index in [1.54, 1.807) is 0 Å². The molecule has 0 unspecified atom stereocenters. The summed E-state index contributed by atoms with van der Waals surface area (Å²) in [6.07, 6.45) is 6.90. The quantitative estimate of drug-likeness (QED) is 0.775. The van der Waals surface area contributed by atoms with Gasteiger partial charge in [0.05, 0.1) is 6.61 Å². The third-order valence-electron chi connectivity index (χ3n) is 4.35. The fraction of sp³-hybridized carbons (Fsp3) is 1.00. The summed E-state index contributed by atoms with van der Waals surface area (Å²) in [6, 6.07) is 0.226. The van der Waals surface area contributed by atoms with Gasteiger partial charge >= 0.3 is 0 Å². The molecular weight excluding hydrogens is 210 g/mol. The van der Waals surface area contributed by atoms with Gasteiger partial charge in [0, 0.05) is 6.04 Å². The summed E-state index contributed by atoms with van der Waals surface area (Å²) in [7, 11) is 0. The molecule has 0 aromatic heterocycles. The Hall–Kier alpha value is -0.0800. The van der Waals surface area contributed by atoms with Crippen molar-refractivity contribution >= 4 is 0 Å². The van der Waals surface area contributed by atoms with Crippen LogP contribution in [0.15, 0.2) is 0 Å². The Bertz CT molecular complexity index is 209. The number of aliphatic hydroxyl groups is 1. The second-order valence-electron chi connectivity index (χ2n) is 6.82. The summed E-state index contributed by atoms with van der Waals surface area (Å²) in [5, 5.41) is 13.0. The summed E-state index contributed by atoms with van der Waals surface area (Å²) in [4.78, 5) is 0. The van der Waals surface area contributed by atoms with E-state index in [-0.39, 0.29) is 18.1 Å². The van der Waals surface area contributed by atoms with Crippen LogP contribution >= 0.6 is 0 Å². The first-order valence-electron chi connectivity index (χ1n) is 7.31. The standard InChI is InChI=1S/C15H31NO/c1-5-12-7-6-8-13(9-12)10-16-14(11-17)15(2,3)4/h12-14,16-17H,5-11H2,1-4H3/t12-,13+,14+/m0/s1. The van der Waals surface area contributed by atoms with Crippen molar-refractivity contribution in [2.75, 3.05) is 13.2 Å². The lowest BCUT2D eigenvalue weighted by Crippen LogP contribution is -2.45. The molecule has 3 atom stereocenters. The molecule has 0 bridgehead atoms. The SMILES string of the molecule is CC[C@H]1CCC[C@@H](CN[C@H](CO)C(C)(C)C)C1. The largest absolute Gasteiger partial charge is 0.395 e. The molecule has 2 N–H and O–H groups in total. The Labute approximate surface area is 107 Å². The van der Waals surface area contributed by atoms with E-state index in [2.05, 4.69) is 33.0 Å². The monoisotopic (exact) mass is 241 g/mol. The molecule has 1 aliphatic carbocycles. The van der Waals surface area contributed by atoms with Gasteiger partial charge in [0.25, 0.3) is 0 Å². The van der Waals surface area contributed by atoms with Crippen LogP contribution in [-0.4, -0.2) is 24.3 Å². The van der Waals surface area contributed by atoms with Crippen LogP contribution in [0.5, 0.6) is 0 Å². The average molecular weight is 241 g/mol. The third-order valence-corrected chi connectivity index (χ3v) is 4.35. The molecule has 0 amide bonds. The fourth-order valence-electron chi connectivity index (χ4n) is 2.91. The van der Waals surface area contributed by atoms with Crippen LogP contribution in [0.2, 0.25) is 0 Å². The maximum atomic E-state index is 9.43. The molecule has 1 saturated carbocycles. The van der Waals surface area contributed by atoms with Crippen molar-refractivity contribution in [2.45, 2.75) is 65.8 Å². The zero-order valence-electron chi connectivity index (χ0n) is 12.1. The first-order chi connectivity index (χ1) is 7.97. The maximum Gasteiger partial charge on any atom is 0.0589 e. The Morgan fingerprint density at radius 2 is 1.88 bits per heavy atom. The first kappa shape index (κ1) is 15.0. The molecule has 2 heteroatoms. The van der Waals surface area contributed by atoms with E-state index in [0.717, 1.165) is 18.4 Å². The first-order valence-corrected chi connectivity index (χ1v) is 7.31. The van der Waals surface area contributed by atoms with Crippen LogP contribution in [0.4, 0.5) is 0 Å². The number of nitrogens with one attached hydrogen (secondary N) is 1. The summed E-state index contributed by atoms with van der Waals surface area (Å²) in [5.74, 6) is 1.77. The van der Waals surface area contributed by atoms with Crippen molar-refractivity contribution in [1.29, 1.82) is 0 Å². The summed E-state index contributed by atoms with van der Waals surface area (Å²) in [5.41, 5.74) is 0.146. The van der Waals surface area contributed by atoms with Gasteiger partial charge in [-0.05, 0) is 36.6 Å². The zero-order valence-corrected chi connectivity index (χ0v) is 12.1. The van der Waals surface area contributed by atoms with E-state index in [9.17, 15) is 5.11 Å². The highest BCUT2D eigenvalue weighted by Crippen LogP contribution is 2.31. The molecule has 0 spiro atoms.